The molecule has 142 valence electrons. The Morgan fingerprint density at radius 1 is 1.27 bits per heavy atom. The number of carbonyl (C=O) groups is 1. The zero-order chi connectivity index (χ0) is 19.3. The molecule has 1 N–H and O–H groups in total. The Bertz CT molecular complexity index is 771. The van der Waals surface area contributed by atoms with Crippen LogP contribution >= 0.6 is 0 Å². The van der Waals surface area contributed by atoms with E-state index in [2.05, 4.69) is 12.2 Å². The normalized spacial score (nSPS) is 17.3. The molecule has 1 aromatic rings. The number of dihydropyridines is 1. The molecule has 0 fully saturated rings. The second kappa shape index (κ2) is 9.16. The molecular weight excluding hydrogens is 447 g/mol. The number of hydrogen-bond donors (Lipinski definition) is 1. The Balaban J connectivity index is 2.44. The molecule has 1 aliphatic heterocycles. The minimum atomic E-state index is -0.666. The Labute approximate surface area is 164 Å². The standard InChI is InChI=1S/C19H24IN2O4/c1-5-6-11-20-26-19(23)18-14(4)21-13(3)12(2)17(18)15-9-7-8-10-16(15)22(24)25/h7-10,17,21H,5-6,11H2,1-4H3/q-1. The topological polar surface area (TPSA) is 81.5 Å². The van der Waals surface area contributed by atoms with E-state index < -0.39 is 32.5 Å². The molecule has 1 aromatic carbocycles. The van der Waals surface area contributed by atoms with Crippen LogP contribution in [0.25, 0.3) is 0 Å². The molecule has 2 rings (SSSR count). The molecule has 0 radical (unpaired) electrons. The monoisotopic (exact) mass is 471 g/mol. The number of para-hydroxylation sites is 1. The zero-order valence-corrected chi connectivity index (χ0v) is 17.6. The van der Waals surface area contributed by atoms with Crippen LogP contribution < -0.4 is 26.9 Å². The average molecular weight is 471 g/mol. The number of benzene rings is 1. The van der Waals surface area contributed by atoms with E-state index in [1.165, 1.54) is 6.07 Å². The molecule has 1 aliphatic rings. The van der Waals surface area contributed by atoms with Gasteiger partial charge in [-0.25, -0.2) is 0 Å². The summed E-state index contributed by atoms with van der Waals surface area (Å²) in [7, 11) is 0. The van der Waals surface area contributed by atoms with Crippen molar-refractivity contribution in [2.75, 3.05) is 4.43 Å². The number of nitrogens with one attached hydrogen (secondary N) is 1. The number of allylic oxidation sites excluding steroid dienone is 3. The Morgan fingerprint density at radius 2 is 1.96 bits per heavy atom. The van der Waals surface area contributed by atoms with Gasteiger partial charge >= 0.3 is 165 Å². The van der Waals surface area contributed by atoms with Crippen LogP contribution in [0.15, 0.2) is 46.8 Å². The van der Waals surface area contributed by atoms with Crippen LogP contribution in [0.3, 0.4) is 0 Å². The van der Waals surface area contributed by atoms with Gasteiger partial charge in [0.15, 0.2) is 0 Å². The second-order valence-corrected chi connectivity index (χ2v) is 8.38. The van der Waals surface area contributed by atoms with Crippen LogP contribution in [-0.2, 0) is 7.86 Å². The molecule has 7 heteroatoms. The van der Waals surface area contributed by atoms with Crippen LogP contribution in [0.2, 0.25) is 0 Å². The molecule has 0 saturated heterocycles. The van der Waals surface area contributed by atoms with Crippen molar-refractivity contribution in [3.63, 3.8) is 0 Å². The van der Waals surface area contributed by atoms with Crippen LogP contribution in [0.1, 0.15) is 52.0 Å². The van der Waals surface area contributed by atoms with Crippen LogP contribution in [0, 0.1) is 10.1 Å². The SMILES string of the molecule is CCCC[I-]OC(=O)C1=C(C)NC(C)=C(C)C1c1ccccc1[N+](=O)[O-]. The minimum absolute atomic E-state index is 0.0188. The fourth-order valence-corrected chi connectivity index (χ4v) is 4.79. The first-order valence-corrected chi connectivity index (χ1v) is 11.0. The van der Waals surface area contributed by atoms with Gasteiger partial charge in [-0.15, -0.1) is 0 Å². The number of nitro groups is 1. The summed E-state index contributed by atoms with van der Waals surface area (Å²) in [5.74, 6) is -0.838. The maximum absolute atomic E-state index is 12.8. The third kappa shape index (κ3) is 4.44. The molecule has 0 bridgehead atoms. The van der Waals surface area contributed by atoms with Crippen LogP contribution in [0.5, 0.6) is 0 Å². The van der Waals surface area contributed by atoms with Gasteiger partial charge in [0, 0.05) is 0 Å². The summed E-state index contributed by atoms with van der Waals surface area (Å²) >= 11 is -0.666. The molecular formula is C19H24IN2O4-. The van der Waals surface area contributed by atoms with Crippen molar-refractivity contribution in [1.29, 1.82) is 0 Å². The molecule has 0 aromatic heterocycles. The fraction of sp³-hybridized carbons (Fsp3) is 0.421. The first-order chi connectivity index (χ1) is 12.4. The van der Waals surface area contributed by atoms with E-state index >= 15 is 0 Å². The molecule has 6 nitrogen and oxygen atoms in total. The van der Waals surface area contributed by atoms with E-state index in [4.69, 9.17) is 3.07 Å². The number of halogens is 1. The summed E-state index contributed by atoms with van der Waals surface area (Å²) in [6.07, 6.45) is 2.11. The first-order valence-electron chi connectivity index (χ1n) is 8.57. The Hall–Kier alpha value is -1.90. The van der Waals surface area contributed by atoms with E-state index in [0.29, 0.717) is 16.8 Å². The van der Waals surface area contributed by atoms with E-state index in [9.17, 15) is 14.9 Å². The number of rotatable bonds is 7. The summed E-state index contributed by atoms with van der Waals surface area (Å²) in [5.41, 5.74) is 3.50. The molecule has 1 atom stereocenters. The third-order valence-corrected chi connectivity index (χ3v) is 6.36. The van der Waals surface area contributed by atoms with E-state index in [0.717, 1.165) is 28.5 Å². The van der Waals surface area contributed by atoms with Gasteiger partial charge in [0.1, 0.15) is 0 Å². The fourth-order valence-electron chi connectivity index (χ4n) is 2.97. The van der Waals surface area contributed by atoms with E-state index in [-0.39, 0.29) is 11.7 Å². The number of nitro benzene ring substituents is 1. The number of nitrogens with zero attached hydrogens (tertiary/aromatic N) is 1. The quantitative estimate of drug-likeness (QED) is 0.213. The summed E-state index contributed by atoms with van der Waals surface area (Å²) in [6.45, 7) is 7.73. The van der Waals surface area contributed by atoms with Gasteiger partial charge in [0.05, 0.1) is 0 Å². The number of alkyl halides is 1. The van der Waals surface area contributed by atoms with Gasteiger partial charge in [0.25, 0.3) is 0 Å². The maximum atomic E-state index is 12.8. The van der Waals surface area contributed by atoms with Gasteiger partial charge in [-0.3, -0.25) is 0 Å². The summed E-state index contributed by atoms with van der Waals surface area (Å²) in [6, 6.07) is 6.60. The van der Waals surface area contributed by atoms with Crippen molar-refractivity contribution in [1.82, 2.24) is 5.32 Å². The predicted molar refractivity (Wildman–Crippen MR) is 95.9 cm³/mol. The molecule has 1 heterocycles. The number of unbranched alkanes of at least 4 members (excludes halogenated alkanes) is 1. The van der Waals surface area contributed by atoms with Crippen molar-refractivity contribution in [3.05, 3.63) is 62.5 Å². The molecule has 0 saturated carbocycles. The first kappa shape index (κ1) is 20.4. The van der Waals surface area contributed by atoms with Gasteiger partial charge in [-0.2, -0.15) is 0 Å². The van der Waals surface area contributed by atoms with Gasteiger partial charge in [-0.05, 0) is 0 Å². The molecule has 0 aliphatic carbocycles. The number of hydrogen-bond acceptors (Lipinski definition) is 5. The second-order valence-electron chi connectivity index (χ2n) is 6.24. The predicted octanol–water partition coefficient (Wildman–Crippen LogP) is 1.20. The Morgan fingerprint density at radius 3 is 2.62 bits per heavy atom. The summed E-state index contributed by atoms with van der Waals surface area (Å²) in [5, 5.41) is 14.7. The third-order valence-electron chi connectivity index (χ3n) is 4.45. The molecule has 0 spiro atoms. The Kier molecular flexibility index (Phi) is 7.19. The van der Waals surface area contributed by atoms with Crippen LogP contribution in [-0.4, -0.2) is 15.3 Å². The zero-order valence-electron chi connectivity index (χ0n) is 15.5. The van der Waals surface area contributed by atoms with E-state index in [1.54, 1.807) is 18.2 Å². The van der Waals surface area contributed by atoms with Crippen molar-refractivity contribution in [2.45, 2.75) is 46.5 Å². The number of carbonyl (C=O) groups excluding carboxylic acids is 1. The summed E-state index contributed by atoms with van der Waals surface area (Å²) < 4.78 is 6.49. The average Bonchev–Trinajstić information content (AvgIpc) is 2.61. The van der Waals surface area contributed by atoms with Gasteiger partial charge < -0.3 is 0 Å². The van der Waals surface area contributed by atoms with Crippen molar-refractivity contribution in [3.8, 4) is 0 Å². The van der Waals surface area contributed by atoms with Gasteiger partial charge in [-0.1, -0.05) is 0 Å². The molecule has 0 amide bonds. The summed E-state index contributed by atoms with van der Waals surface area (Å²) in [4.78, 5) is 23.9. The van der Waals surface area contributed by atoms with Crippen LogP contribution in [0.4, 0.5) is 5.69 Å². The molecule has 26 heavy (non-hydrogen) atoms. The van der Waals surface area contributed by atoms with Crippen molar-refractivity contribution >= 4 is 11.7 Å². The van der Waals surface area contributed by atoms with Crippen molar-refractivity contribution < 1.29 is 34.4 Å². The van der Waals surface area contributed by atoms with E-state index in [1.807, 2.05) is 20.8 Å². The molecule has 1 unspecified atom stereocenters. The van der Waals surface area contributed by atoms with Gasteiger partial charge in [0.2, 0.25) is 0 Å². The van der Waals surface area contributed by atoms with Crippen molar-refractivity contribution in [2.24, 2.45) is 0 Å².